The van der Waals surface area contributed by atoms with Gasteiger partial charge >= 0.3 is 0 Å². The Morgan fingerprint density at radius 1 is 1.39 bits per heavy atom. The molecule has 0 radical (unpaired) electrons. The predicted octanol–water partition coefficient (Wildman–Crippen LogP) is 2.00. The fourth-order valence-corrected chi connectivity index (χ4v) is 2.11. The number of benzene rings is 1. The molecule has 0 spiro atoms. The van der Waals surface area contributed by atoms with Gasteiger partial charge in [-0.1, -0.05) is 30.3 Å². The third-order valence-corrected chi connectivity index (χ3v) is 3.14. The van der Waals surface area contributed by atoms with Gasteiger partial charge in [-0.15, -0.1) is 11.3 Å². The zero-order valence-corrected chi connectivity index (χ0v) is 10.6. The molecule has 1 unspecified atom stereocenters. The second-order valence-electron chi connectivity index (χ2n) is 3.84. The average molecular weight is 262 g/mol. The van der Waals surface area contributed by atoms with E-state index in [4.69, 9.17) is 0 Å². The number of hydrogen-bond donors (Lipinski definition) is 2. The molecular weight excluding hydrogens is 248 g/mol. The molecule has 1 aromatic carbocycles. The van der Waals surface area contributed by atoms with Gasteiger partial charge in [-0.2, -0.15) is 0 Å². The Morgan fingerprint density at radius 3 is 2.83 bits per heavy atom. The summed E-state index contributed by atoms with van der Waals surface area (Å²) in [4.78, 5) is 15.5. The van der Waals surface area contributed by atoms with Gasteiger partial charge in [0.2, 0.25) is 0 Å². The number of nitrogens with one attached hydrogen (secondary N) is 1. The van der Waals surface area contributed by atoms with E-state index in [1.807, 2.05) is 30.3 Å². The van der Waals surface area contributed by atoms with E-state index in [2.05, 4.69) is 10.3 Å². The summed E-state index contributed by atoms with van der Waals surface area (Å²) in [6, 6.07) is 9.40. The summed E-state index contributed by atoms with van der Waals surface area (Å²) in [5, 5.41) is 14.3. The Hall–Kier alpha value is -1.72. The SMILES string of the molecule is O=C(NCCC(O)c1ccccc1)c1cscn1. The van der Waals surface area contributed by atoms with Crippen molar-refractivity contribution in [1.82, 2.24) is 10.3 Å². The highest BCUT2D eigenvalue weighted by molar-refractivity contribution is 7.07. The number of hydrogen-bond acceptors (Lipinski definition) is 4. The van der Waals surface area contributed by atoms with Crippen molar-refractivity contribution in [1.29, 1.82) is 0 Å². The van der Waals surface area contributed by atoms with E-state index < -0.39 is 6.10 Å². The van der Waals surface area contributed by atoms with Crippen molar-refractivity contribution >= 4 is 17.2 Å². The van der Waals surface area contributed by atoms with Gasteiger partial charge in [0, 0.05) is 11.9 Å². The Bertz CT molecular complexity index is 485. The molecule has 94 valence electrons. The zero-order chi connectivity index (χ0) is 12.8. The zero-order valence-electron chi connectivity index (χ0n) is 9.74. The molecule has 0 saturated carbocycles. The molecule has 2 aromatic rings. The topological polar surface area (TPSA) is 62.2 Å². The summed E-state index contributed by atoms with van der Waals surface area (Å²) in [6.07, 6.45) is -0.0678. The first-order valence-electron chi connectivity index (χ1n) is 5.67. The largest absolute Gasteiger partial charge is 0.388 e. The maximum Gasteiger partial charge on any atom is 0.270 e. The van der Waals surface area contributed by atoms with Crippen LogP contribution in [0.5, 0.6) is 0 Å². The first-order chi connectivity index (χ1) is 8.77. The van der Waals surface area contributed by atoms with Crippen LogP contribution in [0.3, 0.4) is 0 Å². The van der Waals surface area contributed by atoms with Crippen molar-refractivity contribution in [3.05, 3.63) is 52.5 Å². The maximum absolute atomic E-state index is 11.6. The molecule has 4 nitrogen and oxygen atoms in total. The van der Waals surface area contributed by atoms with E-state index in [1.54, 1.807) is 10.9 Å². The summed E-state index contributed by atoms with van der Waals surface area (Å²) in [6.45, 7) is 0.423. The molecule has 2 N–H and O–H groups in total. The van der Waals surface area contributed by atoms with E-state index in [0.29, 0.717) is 18.7 Å². The summed E-state index contributed by atoms with van der Waals surface area (Å²) in [5.41, 5.74) is 2.91. The number of aliphatic hydroxyl groups is 1. The van der Waals surface area contributed by atoms with E-state index in [9.17, 15) is 9.90 Å². The van der Waals surface area contributed by atoms with Crippen molar-refractivity contribution in [2.45, 2.75) is 12.5 Å². The average Bonchev–Trinajstić information content (AvgIpc) is 2.93. The lowest BCUT2D eigenvalue weighted by Gasteiger charge is -2.11. The Kier molecular flexibility index (Phi) is 4.44. The van der Waals surface area contributed by atoms with Gasteiger partial charge in [-0.3, -0.25) is 4.79 Å². The molecule has 5 heteroatoms. The van der Waals surface area contributed by atoms with Gasteiger partial charge in [0.05, 0.1) is 11.6 Å². The summed E-state index contributed by atoms with van der Waals surface area (Å²) < 4.78 is 0. The Balaban J connectivity index is 1.77. The molecule has 0 saturated heterocycles. The van der Waals surface area contributed by atoms with Gasteiger partial charge in [0.15, 0.2) is 0 Å². The molecule has 1 atom stereocenters. The monoisotopic (exact) mass is 262 g/mol. The highest BCUT2D eigenvalue weighted by Gasteiger charge is 2.09. The van der Waals surface area contributed by atoms with Gasteiger partial charge in [-0.05, 0) is 12.0 Å². The molecule has 0 fully saturated rings. The minimum atomic E-state index is -0.554. The van der Waals surface area contributed by atoms with Crippen LogP contribution < -0.4 is 5.32 Å². The minimum Gasteiger partial charge on any atom is -0.388 e. The molecule has 1 heterocycles. The van der Waals surface area contributed by atoms with Crippen LogP contribution in [0.2, 0.25) is 0 Å². The molecule has 0 bridgehead atoms. The lowest BCUT2D eigenvalue weighted by atomic mass is 10.1. The van der Waals surface area contributed by atoms with E-state index in [1.165, 1.54) is 11.3 Å². The van der Waals surface area contributed by atoms with Crippen LogP contribution in [0, 0.1) is 0 Å². The van der Waals surface area contributed by atoms with Crippen LogP contribution in [0.15, 0.2) is 41.2 Å². The first-order valence-corrected chi connectivity index (χ1v) is 6.61. The van der Waals surface area contributed by atoms with Crippen LogP contribution in [0.25, 0.3) is 0 Å². The fraction of sp³-hybridized carbons (Fsp3) is 0.231. The third kappa shape index (κ3) is 3.38. The van der Waals surface area contributed by atoms with Crippen LogP contribution in [-0.4, -0.2) is 22.5 Å². The van der Waals surface area contributed by atoms with Crippen molar-refractivity contribution < 1.29 is 9.90 Å². The van der Waals surface area contributed by atoms with E-state index >= 15 is 0 Å². The molecule has 0 aliphatic heterocycles. The second kappa shape index (κ2) is 6.28. The highest BCUT2D eigenvalue weighted by Crippen LogP contribution is 2.14. The van der Waals surface area contributed by atoms with Crippen LogP contribution in [-0.2, 0) is 0 Å². The quantitative estimate of drug-likeness (QED) is 0.866. The molecule has 0 aliphatic carbocycles. The number of carbonyl (C=O) groups is 1. The fourth-order valence-electron chi connectivity index (χ4n) is 1.58. The van der Waals surface area contributed by atoms with Crippen LogP contribution in [0.4, 0.5) is 0 Å². The molecule has 18 heavy (non-hydrogen) atoms. The molecule has 1 amide bonds. The Labute approximate surface area is 109 Å². The number of thiazole rings is 1. The lowest BCUT2D eigenvalue weighted by Crippen LogP contribution is -2.25. The second-order valence-corrected chi connectivity index (χ2v) is 4.56. The summed E-state index contributed by atoms with van der Waals surface area (Å²) in [5.74, 6) is -0.198. The van der Waals surface area contributed by atoms with Gasteiger partial charge in [0.1, 0.15) is 5.69 Å². The van der Waals surface area contributed by atoms with Gasteiger partial charge in [0.25, 0.3) is 5.91 Å². The van der Waals surface area contributed by atoms with Crippen molar-refractivity contribution in [2.24, 2.45) is 0 Å². The molecule has 0 aliphatic rings. The number of amides is 1. The third-order valence-electron chi connectivity index (χ3n) is 2.55. The molecule has 1 aromatic heterocycles. The standard InChI is InChI=1S/C13H14N2O2S/c16-12(10-4-2-1-3-5-10)6-7-14-13(17)11-8-18-9-15-11/h1-5,8-9,12,16H,6-7H2,(H,14,17). The summed E-state index contributed by atoms with van der Waals surface area (Å²) in [7, 11) is 0. The molecular formula is C13H14N2O2S. The normalized spacial score (nSPS) is 12.1. The first kappa shape index (κ1) is 12.7. The van der Waals surface area contributed by atoms with Crippen molar-refractivity contribution in [3.8, 4) is 0 Å². The number of rotatable bonds is 5. The van der Waals surface area contributed by atoms with E-state index in [0.717, 1.165) is 5.56 Å². The minimum absolute atomic E-state index is 0.198. The molecule has 2 rings (SSSR count). The van der Waals surface area contributed by atoms with Crippen molar-refractivity contribution in [2.75, 3.05) is 6.54 Å². The number of carbonyl (C=O) groups excluding carboxylic acids is 1. The lowest BCUT2D eigenvalue weighted by molar-refractivity contribution is 0.0938. The Morgan fingerprint density at radius 2 is 2.17 bits per heavy atom. The van der Waals surface area contributed by atoms with Crippen molar-refractivity contribution in [3.63, 3.8) is 0 Å². The smallest absolute Gasteiger partial charge is 0.270 e. The number of aromatic nitrogens is 1. The van der Waals surface area contributed by atoms with Crippen LogP contribution in [0.1, 0.15) is 28.6 Å². The van der Waals surface area contributed by atoms with Crippen LogP contribution >= 0.6 is 11.3 Å². The maximum atomic E-state index is 11.6. The predicted molar refractivity (Wildman–Crippen MR) is 70.5 cm³/mol. The number of nitrogens with zero attached hydrogens (tertiary/aromatic N) is 1. The highest BCUT2D eigenvalue weighted by atomic mass is 32.1. The number of aliphatic hydroxyl groups excluding tert-OH is 1. The van der Waals surface area contributed by atoms with Gasteiger partial charge < -0.3 is 10.4 Å². The van der Waals surface area contributed by atoms with E-state index in [-0.39, 0.29) is 5.91 Å². The van der Waals surface area contributed by atoms with Gasteiger partial charge in [-0.25, -0.2) is 4.98 Å². The summed E-state index contributed by atoms with van der Waals surface area (Å²) >= 11 is 1.38.